The van der Waals surface area contributed by atoms with Crippen LogP contribution in [0.25, 0.3) is 0 Å². The first-order valence-corrected chi connectivity index (χ1v) is 10.3. The molecule has 0 bridgehead atoms. The van der Waals surface area contributed by atoms with Gasteiger partial charge in [-0.15, -0.1) is 0 Å². The second-order valence-corrected chi connectivity index (χ2v) is 8.35. The minimum Gasteiger partial charge on any atom is -0.443 e. The fraction of sp³-hybridized carbons (Fsp3) is 0.500. The number of rotatable bonds is 5. The van der Waals surface area contributed by atoms with Gasteiger partial charge in [0.2, 0.25) is 11.8 Å². The van der Waals surface area contributed by atoms with Gasteiger partial charge in [0, 0.05) is 44.3 Å². The van der Waals surface area contributed by atoms with Crippen molar-refractivity contribution in [2.75, 3.05) is 44.7 Å². The number of anilines is 1. The average Bonchev–Trinajstić information content (AvgIpc) is 3.24. The lowest BCUT2D eigenvalue weighted by Gasteiger charge is -2.36. The van der Waals surface area contributed by atoms with E-state index in [0.717, 1.165) is 18.8 Å². The van der Waals surface area contributed by atoms with E-state index < -0.39 is 0 Å². The highest BCUT2D eigenvalue weighted by atomic mass is 16.4. The standard InChI is InChI=1S/C22H32N6O2/c1-22(2,3)18-14-24-19(30-18)15-25-21(23-4)26-16-20(29)28-12-10-27(11-13-28)17-8-6-5-7-9-17/h5-9,14H,10-13,15-16H2,1-4H3,(H2,23,25,26). The molecule has 0 aliphatic carbocycles. The number of oxazole rings is 1. The largest absolute Gasteiger partial charge is 0.443 e. The van der Waals surface area contributed by atoms with Crippen molar-refractivity contribution in [3.63, 3.8) is 0 Å². The Morgan fingerprint density at radius 1 is 1.13 bits per heavy atom. The van der Waals surface area contributed by atoms with Crippen molar-refractivity contribution in [3.05, 3.63) is 48.2 Å². The molecule has 162 valence electrons. The van der Waals surface area contributed by atoms with Crippen molar-refractivity contribution in [1.29, 1.82) is 0 Å². The van der Waals surface area contributed by atoms with Gasteiger partial charge in [-0.3, -0.25) is 9.79 Å². The maximum atomic E-state index is 12.6. The topological polar surface area (TPSA) is 86.0 Å². The minimum atomic E-state index is -0.0812. The van der Waals surface area contributed by atoms with Crippen LogP contribution in [0.1, 0.15) is 32.4 Å². The van der Waals surface area contributed by atoms with Crippen LogP contribution in [0.3, 0.4) is 0 Å². The number of amides is 1. The zero-order valence-corrected chi connectivity index (χ0v) is 18.3. The highest BCUT2D eigenvalue weighted by Gasteiger charge is 2.22. The van der Waals surface area contributed by atoms with Crippen LogP contribution in [0.2, 0.25) is 0 Å². The number of aromatic nitrogens is 1. The SMILES string of the molecule is CN=C(NCC(=O)N1CCN(c2ccccc2)CC1)NCc1ncc(C(C)(C)C)o1. The van der Waals surface area contributed by atoms with E-state index >= 15 is 0 Å². The lowest BCUT2D eigenvalue weighted by atomic mass is 9.94. The van der Waals surface area contributed by atoms with Crippen LogP contribution >= 0.6 is 0 Å². The normalized spacial score (nSPS) is 15.3. The summed E-state index contributed by atoms with van der Waals surface area (Å²) in [5.74, 6) is 2.04. The zero-order valence-electron chi connectivity index (χ0n) is 18.3. The first-order chi connectivity index (χ1) is 14.4. The molecule has 3 rings (SSSR count). The van der Waals surface area contributed by atoms with Crippen molar-refractivity contribution < 1.29 is 9.21 Å². The van der Waals surface area contributed by atoms with Gasteiger partial charge in [-0.1, -0.05) is 39.0 Å². The van der Waals surface area contributed by atoms with Crippen molar-refractivity contribution in [3.8, 4) is 0 Å². The third-order valence-electron chi connectivity index (χ3n) is 5.08. The molecule has 1 fully saturated rings. The summed E-state index contributed by atoms with van der Waals surface area (Å²) in [4.78, 5) is 25.2. The Bertz CT molecular complexity index is 848. The van der Waals surface area contributed by atoms with Gasteiger partial charge in [0.05, 0.1) is 19.3 Å². The third kappa shape index (κ3) is 5.75. The number of piperazine rings is 1. The summed E-state index contributed by atoms with van der Waals surface area (Å²) in [5.41, 5.74) is 1.12. The molecule has 0 saturated carbocycles. The molecule has 1 saturated heterocycles. The van der Waals surface area contributed by atoms with Crippen molar-refractivity contribution in [2.45, 2.75) is 32.7 Å². The maximum Gasteiger partial charge on any atom is 0.242 e. The van der Waals surface area contributed by atoms with Crippen molar-refractivity contribution >= 4 is 17.6 Å². The Hall–Kier alpha value is -3.03. The molecule has 1 aromatic carbocycles. The van der Waals surface area contributed by atoms with Crippen molar-refractivity contribution in [2.24, 2.45) is 4.99 Å². The lowest BCUT2D eigenvalue weighted by molar-refractivity contribution is -0.130. The van der Waals surface area contributed by atoms with Crippen LogP contribution in [-0.2, 0) is 16.8 Å². The molecule has 0 unspecified atom stereocenters. The summed E-state index contributed by atoms with van der Waals surface area (Å²) in [7, 11) is 1.68. The molecule has 2 N–H and O–H groups in total. The van der Waals surface area contributed by atoms with Gasteiger partial charge in [0.15, 0.2) is 5.96 Å². The summed E-state index contributed by atoms with van der Waals surface area (Å²) in [6, 6.07) is 10.3. The number of aliphatic imine (C=N–C) groups is 1. The predicted octanol–water partition coefficient (Wildman–Crippen LogP) is 1.99. The number of para-hydroxylation sites is 1. The van der Waals surface area contributed by atoms with E-state index in [1.165, 1.54) is 5.69 Å². The second kappa shape index (κ2) is 9.65. The molecular weight excluding hydrogens is 380 g/mol. The summed E-state index contributed by atoms with van der Waals surface area (Å²) >= 11 is 0. The van der Waals surface area contributed by atoms with Gasteiger partial charge in [-0.05, 0) is 12.1 Å². The van der Waals surface area contributed by atoms with E-state index in [-0.39, 0.29) is 17.9 Å². The van der Waals surface area contributed by atoms with Gasteiger partial charge >= 0.3 is 0 Å². The van der Waals surface area contributed by atoms with Crippen LogP contribution in [0.15, 0.2) is 45.9 Å². The van der Waals surface area contributed by atoms with Gasteiger partial charge in [-0.25, -0.2) is 4.98 Å². The van der Waals surface area contributed by atoms with Gasteiger partial charge in [0.25, 0.3) is 0 Å². The Labute approximate surface area is 178 Å². The van der Waals surface area contributed by atoms with Gasteiger partial charge in [-0.2, -0.15) is 0 Å². The Balaban J connectivity index is 1.42. The lowest BCUT2D eigenvalue weighted by Crippen LogP contribution is -2.52. The van der Waals surface area contributed by atoms with E-state index in [0.29, 0.717) is 31.5 Å². The quantitative estimate of drug-likeness (QED) is 0.577. The average molecular weight is 413 g/mol. The van der Waals surface area contributed by atoms with Crippen LogP contribution in [0.4, 0.5) is 5.69 Å². The zero-order chi connectivity index (χ0) is 21.6. The third-order valence-corrected chi connectivity index (χ3v) is 5.08. The van der Waals surface area contributed by atoms with E-state index in [2.05, 4.69) is 58.4 Å². The first kappa shape index (κ1) is 21.7. The minimum absolute atomic E-state index is 0.0665. The maximum absolute atomic E-state index is 12.6. The molecular formula is C22H32N6O2. The summed E-state index contributed by atoms with van der Waals surface area (Å²) in [5, 5.41) is 6.22. The fourth-order valence-electron chi connectivity index (χ4n) is 3.24. The molecule has 1 aliphatic heterocycles. The van der Waals surface area contributed by atoms with Gasteiger partial charge in [0.1, 0.15) is 5.76 Å². The van der Waals surface area contributed by atoms with Crippen LogP contribution in [-0.4, -0.2) is 61.5 Å². The highest BCUT2D eigenvalue weighted by Crippen LogP contribution is 2.22. The summed E-state index contributed by atoms with van der Waals surface area (Å²) < 4.78 is 5.77. The molecule has 30 heavy (non-hydrogen) atoms. The number of nitrogens with one attached hydrogen (secondary N) is 2. The van der Waals surface area contributed by atoms with Crippen molar-refractivity contribution in [1.82, 2.24) is 20.5 Å². The Kier molecular flexibility index (Phi) is 6.97. The number of hydrogen-bond donors (Lipinski definition) is 2. The van der Waals surface area contributed by atoms with E-state index in [1.807, 2.05) is 23.1 Å². The smallest absolute Gasteiger partial charge is 0.242 e. The number of benzene rings is 1. The second-order valence-electron chi connectivity index (χ2n) is 8.35. The number of nitrogens with zero attached hydrogens (tertiary/aromatic N) is 4. The van der Waals surface area contributed by atoms with E-state index in [9.17, 15) is 4.79 Å². The number of carbonyl (C=O) groups is 1. The number of hydrogen-bond acceptors (Lipinski definition) is 5. The molecule has 1 aromatic heterocycles. The van der Waals surface area contributed by atoms with Gasteiger partial charge < -0.3 is 24.9 Å². The summed E-state index contributed by atoms with van der Waals surface area (Å²) in [6.45, 7) is 9.94. The Morgan fingerprint density at radius 3 is 2.43 bits per heavy atom. The number of guanidine groups is 1. The predicted molar refractivity (Wildman–Crippen MR) is 119 cm³/mol. The molecule has 1 aliphatic rings. The summed E-state index contributed by atoms with van der Waals surface area (Å²) in [6.07, 6.45) is 1.76. The Morgan fingerprint density at radius 2 is 1.83 bits per heavy atom. The first-order valence-electron chi connectivity index (χ1n) is 10.3. The molecule has 0 spiro atoms. The highest BCUT2D eigenvalue weighted by molar-refractivity contribution is 5.86. The molecule has 2 aromatic rings. The van der Waals surface area contributed by atoms with Crippen LogP contribution < -0.4 is 15.5 Å². The van der Waals surface area contributed by atoms with Crippen LogP contribution in [0.5, 0.6) is 0 Å². The van der Waals surface area contributed by atoms with E-state index in [4.69, 9.17) is 4.42 Å². The molecule has 0 radical (unpaired) electrons. The van der Waals surface area contributed by atoms with Crippen LogP contribution in [0, 0.1) is 0 Å². The molecule has 8 nitrogen and oxygen atoms in total. The molecule has 0 atom stereocenters. The molecule has 2 heterocycles. The fourth-order valence-corrected chi connectivity index (χ4v) is 3.24. The number of carbonyl (C=O) groups excluding carboxylic acids is 1. The van der Waals surface area contributed by atoms with E-state index in [1.54, 1.807) is 13.2 Å². The molecule has 1 amide bonds. The monoisotopic (exact) mass is 412 g/mol. The molecule has 8 heteroatoms.